The van der Waals surface area contributed by atoms with Gasteiger partial charge in [0.1, 0.15) is 12.2 Å². The van der Waals surface area contributed by atoms with Gasteiger partial charge in [-0.3, -0.25) is 14.9 Å². The smallest absolute Gasteiger partial charge is 0.283 e. The fourth-order valence-corrected chi connectivity index (χ4v) is 3.87. The number of amides is 1. The number of rotatable bonds is 3. The van der Waals surface area contributed by atoms with Gasteiger partial charge in [0, 0.05) is 32.1 Å². The number of carbonyl (C=O) groups is 1. The number of aromatic nitrogens is 3. The Labute approximate surface area is 136 Å². The Morgan fingerprint density at radius 2 is 2.13 bits per heavy atom. The lowest BCUT2D eigenvalue weighted by atomic mass is 9.96. The van der Waals surface area contributed by atoms with Gasteiger partial charge in [-0.1, -0.05) is 0 Å². The van der Waals surface area contributed by atoms with Crippen LogP contribution < -0.4 is 0 Å². The quantitative estimate of drug-likeness (QED) is 0.632. The molecule has 0 aromatic carbocycles. The van der Waals surface area contributed by atoms with Crippen LogP contribution in [0.5, 0.6) is 0 Å². The van der Waals surface area contributed by atoms with Crippen LogP contribution in [0.1, 0.15) is 39.1 Å². The van der Waals surface area contributed by atoms with Crippen molar-refractivity contribution in [3.05, 3.63) is 38.1 Å². The molecule has 1 saturated heterocycles. The summed E-state index contributed by atoms with van der Waals surface area (Å²) in [7, 11) is 1.92. The SMILES string of the molecule is Cc1sc(C(=O)N2CCC(c3nncn3C)CC2)cc1[N+](=O)[O-]. The van der Waals surface area contributed by atoms with Crippen LogP contribution in [0.4, 0.5) is 5.69 Å². The van der Waals surface area contributed by atoms with E-state index in [0.717, 1.165) is 18.7 Å². The van der Waals surface area contributed by atoms with Crippen molar-refractivity contribution < 1.29 is 9.72 Å². The standard InChI is InChI=1S/C14H17N5O3S/c1-9-11(19(21)22)7-12(23-9)14(20)18-5-3-10(4-6-18)13-16-15-8-17(13)2/h7-8,10H,3-6H2,1-2H3. The van der Waals surface area contributed by atoms with E-state index in [0.29, 0.717) is 28.8 Å². The summed E-state index contributed by atoms with van der Waals surface area (Å²) in [5.74, 6) is 1.12. The lowest BCUT2D eigenvalue weighted by Crippen LogP contribution is -2.38. The number of aryl methyl sites for hydroxylation is 2. The van der Waals surface area contributed by atoms with Crippen LogP contribution in [-0.2, 0) is 7.05 Å². The van der Waals surface area contributed by atoms with E-state index >= 15 is 0 Å². The van der Waals surface area contributed by atoms with Gasteiger partial charge in [-0.05, 0) is 19.8 Å². The third kappa shape index (κ3) is 2.96. The van der Waals surface area contributed by atoms with E-state index in [1.165, 1.54) is 17.4 Å². The molecule has 3 heterocycles. The molecule has 0 N–H and O–H groups in total. The fraction of sp³-hybridized carbons (Fsp3) is 0.500. The predicted octanol–water partition coefficient (Wildman–Crippen LogP) is 2.11. The first kappa shape index (κ1) is 15.6. The molecule has 23 heavy (non-hydrogen) atoms. The van der Waals surface area contributed by atoms with Crippen molar-refractivity contribution in [2.75, 3.05) is 13.1 Å². The highest BCUT2D eigenvalue weighted by Gasteiger charge is 2.29. The van der Waals surface area contributed by atoms with Gasteiger partial charge < -0.3 is 9.47 Å². The Bertz CT molecular complexity index is 745. The highest BCUT2D eigenvalue weighted by Crippen LogP contribution is 2.31. The van der Waals surface area contributed by atoms with Crippen molar-refractivity contribution >= 4 is 22.9 Å². The van der Waals surface area contributed by atoms with E-state index in [9.17, 15) is 14.9 Å². The minimum atomic E-state index is -0.442. The summed E-state index contributed by atoms with van der Waals surface area (Å²) >= 11 is 1.19. The molecular weight excluding hydrogens is 318 g/mol. The second-order valence-electron chi connectivity index (χ2n) is 5.68. The Morgan fingerprint density at radius 1 is 1.43 bits per heavy atom. The topological polar surface area (TPSA) is 94.2 Å². The number of nitro groups is 1. The number of hydrogen-bond donors (Lipinski definition) is 0. The monoisotopic (exact) mass is 335 g/mol. The van der Waals surface area contributed by atoms with Gasteiger partial charge in [0.05, 0.1) is 14.7 Å². The third-order valence-electron chi connectivity index (χ3n) is 4.19. The van der Waals surface area contributed by atoms with Gasteiger partial charge in [-0.2, -0.15) is 0 Å². The molecule has 3 rings (SSSR count). The molecule has 2 aromatic heterocycles. The zero-order valence-corrected chi connectivity index (χ0v) is 13.7. The first-order valence-electron chi connectivity index (χ1n) is 7.35. The van der Waals surface area contributed by atoms with Crippen LogP contribution >= 0.6 is 11.3 Å². The van der Waals surface area contributed by atoms with Crippen molar-refractivity contribution in [3.63, 3.8) is 0 Å². The number of nitrogens with zero attached hydrogens (tertiary/aromatic N) is 5. The van der Waals surface area contributed by atoms with Gasteiger partial charge in [0.2, 0.25) is 0 Å². The number of thiophene rings is 1. The van der Waals surface area contributed by atoms with E-state index in [1.807, 2.05) is 11.6 Å². The first-order chi connectivity index (χ1) is 11.0. The van der Waals surface area contributed by atoms with E-state index in [4.69, 9.17) is 0 Å². The van der Waals surface area contributed by atoms with Crippen molar-refractivity contribution in [2.45, 2.75) is 25.7 Å². The van der Waals surface area contributed by atoms with Gasteiger partial charge >= 0.3 is 0 Å². The maximum Gasteiger partial charge on any atom is 0.283 e. The van der Waals surface area contributed by atoms with E-state index in [-0.39, 0.29) is 11.6 Å². The molecule has 1 amide bonds. The van der Waals surface area contributed by atoms with Crippen molar-refractivity contribution in [3.8, 4) is 0 Å². The molecule has 2 aromatic rings. The van der Waals surface area contributed by atoms with Crippen LogP contribution in [0, 0.1) is 17.0 Å². The van der Waals surface area contributed by atoms with Gasteiger partial charge in [-0.25, -0.2) is 0 Å². The molecule has 9 heteroatoms. The molecule has 8 nitrogen and oxygen atoms in total. The predicted molar refractivity (Wildman–Crippen MR) is 84.6 cm³/mol. The van der Waals surface area contributed by atoms with E-state index in [2.05, 4.69) is 10.2 Å². The summed E-state index contributed by atoms with van der Waals surface area (Å²) in [6.45, 7) is 2.92. The minimum absolute atomic E-state index is 0.0207. The molecule has 0 atom stereocenters. The van der Waals surface area contributed by atoms with Crippen LogP contribution in [0.25, 0.3) is 0 Å². The second kappa shape index (κ2) is 6.07. The molecule has 0 radical (unpaired) electrons. The molecule has 1 aliphatic rings. The van der Waals surface area contributed by atoms with E-state index < -0.39 is 4.92 Å². The van der Waals surface area contributed by atoms with Crippen LogP contribution in [0.2, 0.25) is 0 Å². The third-order valence-corrected chi connectivity index (χ3v) is 5.22. The summed E-state index contributed by atoms with van der Waals surface area (Å²) in [4.78, 5) is 25.8. The molecule has 0 unspecified atom stereocenters. The summed E-state index contributed by atoms with van der Waals surface area (Å²) in [5, 5.41) is 18.9. The second-order valence-corrected chi connectivity index (χ2v) is 6.93. The van der Waals surface area contributed by atoms with Crippen LogP contribution in [0.3, 0.4) is 0 Å². The van der Waals surface area contributed by atoms with Crippen LogP contribution in [0.15, 0.2) is 12.4 Å². The molecule has 0 spiro atoms. The molecule has 0 saturated carbocycles. The maximum atomic E-state index is 12.5. The molecule has 1 fully saturated rings. The fourth-order valence-electron chi connectivity index (χ4n) is 2.92. The van der Waals surface area contributed by atoms with Gasteiger partial charge in [0.25, 0.3) is 11.6 Å². The van der Waals surface area contributed by atoms with Gasteiger partial charge in [-0.15, -0.1) is 21.5 Å². The Morgan fingerprint density at radius 3 is 2.65 bits per heavy atom. The molecule has 0 aliphatic carbocycles. The number of likely N-dealkylation sites (tertiary alicyclic amines) is 1. The minimum Gasteiger partial charge on any atom is -0.338 e. The summed E-state index contributed by atoms with van der Waals surface area (Å²) in [6, 6.07) is 1.39. The molecule has 122 valence electrons. The normalized spacial score (nSPS) is 15.8. The highest BCUT2D eigenvalue weighted by atomic mass is 32.1. The Kier molecular flexibility index (Phi) is 4.12. The van der Waals surface area contributed by atoms with Crippen LogP contribution in [-0.4, -0.2) is 43.6 Å². The van der Waals surface area contributed by atoms with Crippen molar-refractivity contribution in [1.82, 2.24) is 19.7 Å². The first-order valence-corrected chi connectivity index (χ1v) is 8.17. The highest BCUT2D eigenvalue weighted by molar-refractivity contribution is 7.14. The van der Waals surface area contributed by atoms with Crippen molar-refractivity contribution in [1.29, 1.82) is 0 Å². The zero-order chi connectivity index (χ0) is 16.6. The molecule has 1 aliphatic heterocycles. The average Bonchev–Trinajstić information content (AvgIpc) is 3.12. The Balaban J connectivity index is 1.68. The Hall–Kier alpha value is -2.29. The number of hydrogen-bond acceptors (Lipinski definition) is 6. The zero-order valence-electron chi connectivity index (χ0n) is 12.9. The number of carbonyl (C=O) groups excluding carboxylic acids is 1. The lowest BCUT2D eigenvalue weighted by molar-refractivity contribution is -0.385. The number of piperidine rings is 1. The average molecular weight is 335 g/mol. The maximum absolute atomic E-state index is 12.5. The summed E-state index contributed by atoms with van der Waals surface area (Å²) < 4.78 is 1.91. The largest absolute Gasteiger partial charge is 0.338 e. The molecular formula is C14H17N5O3S. The van der Waals surface area contributed by atoms with Gasteiger partial charge in [0.15, 0.2) is 0 Å². The summed E-state index contributed by atoms with van der Waals surface area (Å²) in [5.41, 5.74) is 0.0207. The lowest BCUT2D eigenvalue weighted by Gasteiger charge is -2.31. The molecule has 0 bridgehead atoms. The summed E-state index contributed by atoms with van der Waals surface area (Å²) in [6.07, 6.45) is 3.33. The van der Waals surface area contributed by atoms with E-state index in [1.54, 1.807) is 18.2 Å². The van der Waals surface area contributed by atoms with Crippen molar-refractivity contribution in [2.24, 2.45) is 7.05 Å².